The summed E-state index contributed by atoms with van der Waals surface area (Å²) in [5, 5.41) is 20.4. The van der Waals surface area contributed by atoms with Crippen molar-refractivity contribution in [3.05, 3.63) is 5.82 Å². The van der Waals surface area contributed by atoms with Crippen molar-refractivity contribution in [3.63, 3.8) is 0 Å². The molecule has 0 bridgehead atoms. The third-order valence-electron chi connectivity index (χ3n) is 3.02. The van der Waals surface area contributed by atoms with E-state index in [9.17, 15) is 4.79 Å². The van der Waals surface area contributed by atoms with Crippen LogP contribution in [0.2, 0.25) is 0 Å². The van der Waals surface area contributed by atoms with E-state index in [1.807, 2.05) is 0 Å². The van der Waals surface area contributed by atoms with E-state index in [0.717, 1.165) is 12.8 Å². The number of tetrazole rings is 1. The number of aryl methyl sites for hydroxylation is 1. The molecule has 0 spiro atoms. The number of carbonyl (C=O) groups is 1. The molecule has 1 aromatic rings. The van der Waals surface area contributed by atoms with Crippen molar-refractivity contribution in [2.75, 3.05) is 0 Å². The lowest BCUT2D eigenvalue weighted by Gasteiger charge is -2.25. The average Bonchev–Trinajstić information content (AvgIpc) is 2.73. The van der Waals surface area contributed by atoms with E-state index >= 15 is 0 Å². The van der Waals surface area contributed by atoms with Crippen LogP contribution in [0.25, 0.3) is 0 Å². The van der Waals surface area contributed by atoms with Crippen LogP contribution in [-0.4, -0.2) is 37.4 Å². The number of carboxylic acids is 1. The Kier molecular flexibility index (Phi) is 3.68. The summed E-state index contributed by atoms with van der Waals surface area (Å²) in [6.07, 6.45) is 3.07. The zero-order valence-corrected chi connectivity index (χ0v) is 9.74. The van der Waals surface area contributed by atoms with E-state index in [-0.39, 0.29) is 12.0 Å². The summed E-state index contributed by atoms with van der Waals surface area (Å²) in [4.78, 5) is 12.2. The Bertz CT molecular complexity index is 385. The first-order valence-electron chi connectivity index (χ1n) is 5.72. The fourth-order valence-electron chi connectivity index (χ4n) is 2.05. The molecule has 0 radical (unpaired) electrons. The van der Waals surface area contributed by atoms with Gasteiger partial charge in [-0.2, -0.15) is 4.80 Å². The number of carboxylic acid groups (broad SMARTS) is 1. The molecule has 2 rings (SSSR count). The fourth-order valence-corrected chi connectivity index (χ4v) is 2.05. The molecule has 94 valence electrons. The molecule has 1 N–H and O–H groups in total. The summed E-state index contributed by atoms with van der Waals surface area (Å²) < 4.78 is 5.64. The van der Waals surface area contributed by atoms with Gasteiger partial charge in [-0.15, -0.1) is 10.2 Å². The molecule has 1 aliphatic rings. The lowest BCUT2D eigenvalue weighted by Crippen LogP contribution is -2.26. The summed E-state index contributed by atoms with van der Waals surface area (Å²) in [6, 6.07) is 0. The summed E-state index contributed by atoms with van der Waals surface area (Å²) in [5.41, 5.74) is 0. The largest absolute Gasteiger partial charge is 0.481 e. The molecule has 0 amide bonds. The van der Waals surface area contributed by atoms with Crippen molar-refractivity contribution in [3.8, 4) is 0 Å². The molecule has 1 heterocycles. The number of nitrogens with zero attached hydrogens (tertiary/aromatic N) is 4. The van der Waals surface area contributed by atoms with Crippen LogP contribution in [0, 0.1) is 5.92 Å². The molecule has 17 heavy (non-hydrogen) atoms. The molecule has 1 fully saturated rings. The van der Waals surface area contributed by atoms with Gasteiger partial charge in [-0.05, 0) is 30.9 Å². The Balaban J connectivity index is 1.73. The van der Waals surface area contributed by atoms with E-state index < -0.39 is 5.97 Å². The summed E-state index contributed by atoms with van der Waals surface area (Å²) in [5.74, 6) is -0.337. The third-order valence-corrected chi connectivity index (χ3v) is 3.02. The Hall–Kier alpha value is -1.50. The second kappa shape index (κ2) is 5.22. The second-order valence-electron chi connectivity index (χ2n) is 4.32. The van der Waals surface area contributed by atoms with E-state index in [0.29, 0.717) is 25.3 Å². The first-order valence-corrected chi connectivity index (χ1v) is 5.72. The van der Waals surface area contributed by atoms with Gasteiger partial charge in [0.15, 0.2) is 5.82 Å². The van der Waals surface area contributed by atoms with Crippen molar-refractivity contribution in [1.82, 2.24) is 20.2 Å². The standard InChI is InChI=1S/C10H16N4O3/c1-14-12-9(11-13-14)6-17-8-4-2-7(3-5-8)10(15)16/h7-8H,2-6H2,1H3,(H,15,16). The lowest BCUT2D eigenvalue weighted by molar-refractivity contribution is -0.143. The highest BCUT2D eigenvalue weighted by molar-refractivity contribution is 5.70. The summed E-state index contributed by atoms with van der Waals surface area (Å²) in [7, 11) is 1.70. The van der Waals surface area contributed by atoms with E-state index in [1.54, 1.807) is 7.05 Å². The Morgan fingerprint density at radius 1 is 1.47 bits per heavy atom. The Morgan fingerprint density at radius 2 is 2.18 bits per heavy atom. The van der Waals surface area contributed by atoms with Crippen molar-refractivity contribution >= 4 is 5.97 Å². The van der Waals surface area contributed by atoms with Gasteiger partial charge in [0.2, 0.25) is 0 Å². The first kappa shape index (κ1) is 12.0. The molecule has 1 aliphatic carbocycles. The monoisotopic (exact) mass is 240 g/mol. The molecule has 0 unspecified atom stereocenters. The molecule has 7 heteroatoms. The van der Waals surface area contributed by atoms with Gasteiger partial charge in [-0.1, -0.05) is 0 Å². The Labute approximate surface area is 98.8 Å². The number of hydrogen-bond acceptors (Lipinski definition) is 5. The molecule has 1 aromatic heterocycles. The molecule has 0 saturated heterocycles. The van der Waals surface area contributed by atoms with Gasteiger partial charge in [0.1, 0.15) is 6.61 Å². The van der Waals surface area contributed by atoms with Crippen molar-refractivity contribution in [2.45, 2.75) is 38.4 Å². The topological polar surface area (TPSA) is 90.1 Å². The first-order chi connectivity index (χ1) is 8.15. The van der Waals surface area contributed by atoms with Gasteiger partial charge in [-0.3, -0.25) is 4.79 Å². The van der Waals surface area contributed by atoms with Gasteiger partial charge in [0, 0.05) is 0 Å². The summed E-state index contributed by atoms with van der Waals surface area (Å²) >= 11 is 0. The lowest BCUT2D eigenvalue weighted by atomic mass is 9.87. The zero-order valence-electron chi connectivity index (χ0n) is 9.74. The van der Waals surface area contributed by atoms with Gasteiger partial charge in [-0.25, -0.2) is 0 Å². The Morgan fingerprint density at radius 3 is 2.71 bits per heavy atom. The van der Waals surface area contributed by atoms with Gasteiger partial charge in [0.05, 0.1) is 19.1 Å². The van der Waals surface area contributed by atoms with Gasteiger partial charge < -0.3 is 9.84 Å². The molecule has 0 atom stereocenters. The van der Waals surface area contributed by atoms with Crippen molar-refractivity contribution in [2.24, 2.45) is 13.0 Å². The van der Waals surface area contributed by atoms with Gasteiger partial charge >= 0.3 is 5.97 Å². The smallest absolute Gasteiger partial charge is 0.306 e. The third kappa shape index (κ3) is 3.23. The van der Waals surface area contributed by atoms with E-state index in [4.69, 9.17) is 9.84 Å². The quantitative estimate of drug-likeness (QED) is 0.817. The van der Waals surface area contributed by atoms with E-state index in [1.165, 1.54) is 4.80 Å². The van der Waals surface area contributed by atoms with Crippen LogP contribution in [0.15, 0.2) is 0 Å². The van der Waals surface area contributed by atoms with Crippen LogP contribution in [0.1, 0.15) is 31.5 Å². The zero-order chi connectivity index (χ0) is 12.3. The minimum Gasteiger partial charge on any atom is -0.481 e. The molecular weight excluding hydrogens is 224 g/mol. The number of rotatable bonds is 4. The highest BCUT2D eigenvalue weighted by Crippen LogP contribution is 2.26. The second-order valence-corrected chi connectivity index (χ2v) is 4.32. The van der Waals surface area contributed by atoms with Crippen molar-refractivity contribution in [1.29, 1.82) is 0 Å². The highest BCUT2D eigenvalue weighted by atomic mass is 16.5. The maximum absolute atomic E-state index is 10.8. The van der Waals surface area contributed by atoms with Crippen LogP contribution in [0.3, 0.4) is 0 Å². The predicted octanol–water partition coefficient (Wildman–Crippen LogP) is 0.370. The molecular formula is C10H16N4O3. The molecule has 0 aromatic carbocycles. The minimum atomic E-state index is -0.695. The normalized spacial score (nSPS) is 24.8. The molecule has 7 nitrogen and oxygen atoms in total. The van der Waals surface area contributed by atoms with Crippen molar-refractivity contribution < 1.29 is 14.6 Å². The SMILES string of the molecule is Cn1nnc(COC2CCC(C(=O)O)CC2)n1. The molecule has 1 saturated carbocycles. The van der Waals surface area contributed by atoms with E-state index in [2.05, 4.69) is 15.4 Å². The predicted molar refractivity (Wildman–Crippen MR) is 57.0 cm³/mol. The maximum atomic E-state index is 10.8. The minimum absolute atomic E-state index is 0.120. The number of aliphatic carboxylic acids is 1. The fraction of sp³-hybridized carbons (Fsp3) is 0.800. The summed E-state index contributed by atoms with van der Waals surface area (Å²) in [6.45, 7) is 0.343. The highest BCUT2D eigenvalue weighted by Gasteiger charge is 2.26. The van der Waals surface area contributed by atoms with Crippen LogP contribution in [0.4, 0.5) is 0 Å². The van der Waals surface area contributed by atoms with Crippen LogP contribution >= 0.6 is 0 Å². The number of aromatic nitrogens is 4. The van der Waals surface area contributed by atoms with Crippen LogP contribution in [-0.2, 0) is 23.2 Å². The average molecular weight is 240 g/mol. The number of hydrogen-bond donors (Lipinski definition) is 1. The van der Waals surface area contributed by atoms with Crippen LogP contribution < -0.4 is 0 Å². The van der Waals surface area contributed by atoms with Gasteiger partial charge in [0.25, 0.3) is 0 Å². The number of ether oxygens (including phenoxy) is 1. The maximum Gasteiger partial charge on any atom is 0.306 e. The molecule has 0 aliphatic heterocycles. The van der Waals surface area contributed by atoms with Crippen LogP contribution in [0.5, 0.6) is 0 Å².